The second-order valence-electron chi connectivity index (χ2n) is 3.08. The van der Waals surface area contributed by atoms with Gasteiger partial charge in [-0.15, -0.1) is 0 Å². The first-order chi connectivity index (χ1) is 7.10. The van der Waals surface area contributed by atoms with E-state index in [2.05, 4.69) is 15.9 Å². The average Bonchev–Trinajstić information content (AvgIpc) is 2.21. The summed E-state index contributed by atoms with van der Waals surface area (Å²) >= 11 is 3.09. The summed E-state index contributed by atoms with van der Waals surface area (Å²) < 4.78 is 0.421. The van der Waals surface area contributed by atoms with Crippen molar-refractivity contribution in [1.82, 2.24) is 0 Å². The molecule has 6 heteroatoms. The third-order valence-corrected chi connectivity index (χ3v) is 2.81. The van der Waals surface area contributed by atoms with Crippen LogP contribution >= 0.6 is 15.9 Å². The molecular weight excluding hydrogens is 264 g/mol. The highest BCUT2D eigenvalue weighted by atomic mass is 79.9. The molecule has 0 aromatic heterocycles. The summed E-state index contributed by atoms with van der Waals surface area (Å²) in [6, 6.07) is 4.73. The van der Waals surface area contributed by atoms with Crippen LogP contribution < -0.4 is 5.73 Å². The monoisotopic (exact) mass is 274 g/mol. The summed E-state index contributed by atoms with van der Waals surface area (Å²) in [5.41, 5.74) is 6.10. The van der Waals surface area contributed by atoms with Gasteiger partial charge in [0.25, 0.3) is 5.69 Å². The van der Waals surface area contributed by atoms with E-state index in [1.54, 1.807) is 12.1 Å². The zero-order valence-electron chi connectivity index (χ0n) is 7.89. The molecule has 0 saturated carbocycles. The maximum atomic E-state index is 10.7. The number of halogens is 1. The van der Waals surface area contributed by atoms with Gasteiger partial charge in [-0.2, -0.15) is 0 Å². The summed E-state index contributed by atoms with van der Waals surface area (Å²) in [6.07, 6.45) is 0. The van der Waals surface area contributed by atoms with Gasteiger partial charge in [-0.3, -0.25) is 10.1 Å². The second-order valence-corrected chi connectivity index (χ2v) is 3.94. The van der Waals surface area contributed by atoms with Crippen LogP contribution in [-0.4, -0.2) is 23.2 Å². The summed E-state index contributed by atoms with van der Waals surface area (Å²) in [5, 5.41) is 19.7. The van der Waals surface area contributed by atoms with E-state index >= 15 is 0 Å². The van der Waals surface area contributed by atoms with Crippen molar-refractivity contribution in [3.63, 3.8) is 0 Å². The summed E-state index contributed by atoms with van der Waals surface area (Å²) in [4.78, 5) is 10.2. The Balaban J connectivity index is 3.11. The van der Waals surface area contributed by atoms with Crippen LogP contribution in [0.1, 0.15) is 11.5 Å². The van der Waals surface area contributed by atoms with Crippen molar-refractivity contribution in [2.45, 2.75) is 5.92 Å². The maximum absolute atomic E-state index is 10.7. The molecule has 0 fully saturated rings. The van der Waals surface area contributed by atoms with Gasteiger partial charge in [0.2, 0.25) is 0 Å². The van der Waals surface area contributed by atoms with E-state index in [1.807, 2.05) is 0 Å². The topological polar surface area (TPSA) is 89.4 Å². The molecule has 1 unspecified atom stereocenters. The van der Waals surface area contributed by atoms with Crippen molar-refractivity contribution in [1.29, 1.82) is 0 Å². The van der Waals surface area contributed by atoms with Gasteiger partial charge in [-0.25, -0.2) is 0 Å². The molecule has 1 aromatic carbocycles. The zero-order chi connectivity index (χ0) is 11.4. The van der Waals surface area contributed by atoms with Gasteiger partial charge in [0.05, 0.1) is 16.0 Å². The van der Waals surface area contributed by atoms with Crippen LogP contribution in [0.5, 0.6) is 0 Å². The Hall–Kier alpha value is -0.980. The Morgan fingerprint density at radius 1 is 1.60 bits per heavy atom. The van der Waals surface area contributed by atoms with Crippen molar-refractivity contribution in [3.05, 3.63) is 38.3 Å². The highest BCUT2D eigenvalue weighted by molar-refractivity contribution is 9.10. The molecule has 1 atom stereocenters. The molecule has 1 rings (SSSR count). The molecule has 0 aliphatic rings. The number of nitro groups is 1. The quantitative estimate of drug-likeness (QED) is 0.642. The minimum Gasteiger partial charge on any atom is -0.396 e. The number of nitrogens with two attached hydrogens (primary N) is 1. The molecule has 15 heavy (non-hydrogen) atoms. The largest absolute Gasteiger partial charge is 0.396 e. The fourth-order valence-corrected chi connectivity index (χ4v) is 1.63. The molecule has 5 nitrogen and oxygen atoms in total. The minimum atomic E-state index is -0.474. The van der Waals surface area contributed by atoms with Crippen molar-refractivity contribution < 1.29 is 10.0 Å². The van der Waals surface area contributed by atoms with E-state index in [1.165, 1.54) is 6.07 Å². The lowest BCUT2D eigenvalue weighted by molar-refractivity contribution is -0.385. The fraction of sp³-hybridized carbons (Fsp3) is 0.333. The number of aliphatic hydroxyl groups excluding tert-OH is 1. The highest BCUT2D eigenvalue weighted by Crippen LogP contribution is 2.28. The van der Waals surface area contributed by atoms with Crippen molar-refractivity contribution >= 4 is 21.6 Å². The Labute approximate surface area is 95.2 Å². The average molecular weight is 275 g/mol. The first kappa shape index (κ1) is 12.1. The number of benzene rings is 1. The first-order valence-corrected chi connectivity index (χ1v) is 5.14. The van der Waals surface area contributed by atoms with Gasteiger partial charge < -0.3 is 10.8 Å². The smallest absolute Gasteiger partial charge is 0.283 e. The van der Waals surface area contributed by atoms with Crippen LogP contribution in [0.2, 0.25) is 0 Å². The van der Waals surface area contributed by atoms with Gasteiger partial charge in [-0.05, 0) is 27.6 Å². The number of rotatable bonds is 4. The number of nitrogens with zero attached hydrogens (tertiary/aromatic N) is 1. The van der Waals surface area contributed by atoms with Crippen molar-refractivity contribution in [2.24, 2.45) is 5.73 Å². The second kappa shape index (κ2) is 5.20. The van der Waals surface area contributed by atoms with Gasteiger partial charge in [-0.1, -0.05) is 6.07 Å². The first-order valence-electron chi connectivity index (χ1n) is 4.35. The molecule has 0 aliphatic heterocycles. The molecule has 0 radical (unpaired) electrons. The Morgan fingerprint density at radius 3 is 2.73 bits per heavy atom. The number of nitro benzene ring substituents is 1. The number of hydrogen-bond acceptors (Lipinski definition) is 4. The van der Waals surface area contributed by atoms with Crippen LogP contribution in [0.15, 0.2) is 22.7 Å². The van der Waals surface area contributed by atoms with Crippen molar-refractivity contribution in [2.75, 3.05) is 13.2 Å². The van der Waals surface area contributed by atoms with E-state index in [9.17, 15) is 10.1 Å². The molecule has 0 aliphatic carbocycles. The lowest BCUT2D eigenvalue weighted by Crippen LogP contribution is -2.16. The van der Waals surface area contributed by atoms with E-state index in [4.69, 9.17) is 10.8 Å². The van der Waals surface area contributed by atoms with Gasteiger partial charge >= 0.3 is 0 Å². The maximum Gasteiger partial charge on any atom is 0.283 e. The normalized spacial score (nSPS) is 12.5. The fourth-order valence-electron chi connectivity index (χ4n) is 1.24. The van der Waals surface area contributed by atoms with Crippen LogP contribution in [-0.2, 0) is 0 Å². The van der Waals surface area contributed by atoms with Crippen LogP contribution in [0.3, 0.4) is 0 Å². The molecular formula is C9H11BrN2O3. The Morgan fingerprint density at radius 2 is 2.27 bits per heavy atom. The molecule has 3 N–H and O–H groups in total. The third-order valence-electron chi connectivity index (χ3n) is 2.14. The van der Waals surface area contributed by atoms with E-state index in [-0.39, 0.29) is 24.8 Å². The zero-order valence-corrected chi connectivity index (χ0v) is 9.48. The number of hydrogen-bond donors (Lipinski definition) is 2. The molecule has 0 saturated heterocycles. The van der Waals surface area contributed by atoms with Gasteiger partial charge in [0.15, 0.2) is 0 Å². The van der Waals surface area contributed by atoms with Gasteiger partial charge in [0, 0.05) is 18.5 Å². The summed E-state index contributed by atoms with van der Waals surface area (Å²) in [5.74, 6) is -0.253. The summed E-state index contributed by atoms with van der Waals surface area (Å²) in [7, 11) is 0. The Bertz CT molecular complexity index is 366. The minimum absolute atomic E-state index is 0.0144. The lowest BCUT2D eigenvalue weighted by Gasteiger charge is -2.11. The highest BCUT2D eigenvalue weighted by Gasteiger charge is 2.16. The van der Waals surface area contributed by atoms with E-state index < -0.39 is 4.92 Å². The predicted molar refractivity (Wildman–Crippen MR) is 59.7 cm³/mol. The standard InChI is InChI=1S/C9H11BrN2O3/c10-8-2-1-6(7(4-11)5-13)3-9(8)12(14)15/h1-3,7,13H,4-5,11H2. The lowest BCUT2D eigenvalue weighted by atomic mass is 10.00. The summed E-state index contributed by atoms with van der Waals surface area (Å²) in [6.45, 7) is 0.143. The number of aliphatic hydroxyl groups is 1. The van der Waals surface area contributed by atoms with Gasteiger partial charge in [0.1, 0.15) is 0 Å². The van der Waals surface area contributed by atoms with Crippen LogP contribution in [0, 0.1) is 10.1 Å². The molecule has 0 bridgehead atoms. The van der Waals surface area contributed by atoms with E-state index in [0.717, 1.165) is 0 Å². The van der Waals surface area contributed by atoms with Crippen LogP contribution in [0.4, 0.5) is 5.69 Å². The van der Waals surface area contributed by atoms with E-state index in [0.29, 0.717) is 10.0 Å². The molecule has 0 spiro atoms. The molecule has 0 heterocycles. The third kappa shape index (κ3) is 2.74. The predicted octanol–water partition coefficient (Wildman–Crippen LogP) is 1.39. The molecule has 82 valence electrons. The Kier molecular flexibility index (Phi) is 4.19. The van der Waals surface area contributed by atoms with Crippen molar-refractivity contribution in [3.8, 4) is 0 Å². The molecule has 1 aromatic rings. The SMILES string of the molecule is NCC(CO)c1ccc(Br)c([N+](=O)[O-])c1. The van der Waals surface area contributed by atoms with Crippen LogP contribution in [0.25, 0.3) is 0 Å². The molecule has 0 amide bonds.